The summed E-state index contributed by atoms with van der Waals surface area (Å²) in [6, 6.07) is 0.555. The number of piperidine rings is 1. The van der Waals surface area contributed by atoms with Crippen LogP contribution in [-0.2, 0) is 0 Å². The average Bonchev–Trinajstić information content (AvgIpc) is 3.26. The van der Waals surface area contributed by atoms with Gasteiger partial charge in [0.25, 0.3) is 0 Å². The molecule has 4 rings (SSSR count). The van der Waals surface area contributed by atoms with Gasteiger partial charge in [0, 0.05) is 37.6 Å². The number of hydrogen-bond donors (Lipinski definition) is 1. The maximum atomic E-state index is 12.6. The molecule has 24 heavy (non-hydrogen) atoms. The zero-order valence-electron chi connectivity index (χ0n) is 14.2. The third-order valence-corrected chi connectivity index (χ3v) is 6.69. The summed E-state index contributed by atoms with van der Waals surface area (Å²) in [5, 5.41) is 12.5. The van der Waals surface area contributed by atoms with Gasteiger partial charge in [-0.3, -0.25) is 0 Å². The van der Waals surface area contributed by atoms with Gasteiger partial charge in [0.1, 0.15) is 5.51 Å². The van der Waals surface area contributed by atoms with E-state index in [2.05, 4.69) is 25.3 Å². The van der Waals surface area contributed by atoms with Crippen LogP contribution < -0.4 is 10.2 Å². The minimum atomic E-state index is 0.159. The highest BCUT2D eigenvalue weighted by atomic mass is 32.1. The van der Waals surface area contributed by atoms with Crippen molar-refractivity contribution in [1.29, 1.82) is 0 Å². The van der Waals surface area contributed by atoms with Crippen molar-refractivity contribution in [1.82, 2.24) is 20.4 Å². The molecule has 6 nitrogen and oxygen atoms in total. The zero-order valence-corrected chi connectivity index (χ0v) is 15.1. The third-order valence-electron chi connectivity index (χ3n) is 5.94. The van der Waals surface area contributed by atoms with Gasteiger partial charge >= 0.3 is 6.03 Å². The van der Waals surface area contributed by atoms with Crippen molar-refractivity contribution in [3.05, 3.63) is 5.51 Å². The Morgan fingerprint density at radius 2 is 2.04 bits per heavy atom. The number of urea groups is 1. The summed E-state index contributed by atoms with van der Waals surface area (Å²) in [5.74, 6) is 0. The molecule has 3 fully saturated rings. The Kier molecular flexibility index (Phi) is 4.61. The van der Waals surface area contributed by atoms with Crippen molar-refractivity contribution in [2.75, 3.05) is 31.1 Å². The molecule has 1 aromatic rings. The topological polar surface area (TPSA) is 61.4 Å². The molecule has 0 aromatic carbocycles. The van der Waals surface area contributed by atoms with Gasteiger partial charge in [-0.05, 0) is 32.1 Å². The number of carbonyl (C=O) groups is 1. The smallest absolute Gasteiger partial charge is 0.317 e. The SMILES string of the molecule is O=C(NC1CCCCC1)N1CC[C@@]2(CCCN(c3nncs3)C2)C1. The monoisotopic (exact) mass is 349 g/mol. The lowest BCUT2D eigenvalue weighted by atomic mass is 9.79. The van der Waals surface area contributed by atoms with Gasteiger partial charge < -0.3 is 15.1 Å². The number of amides is 2. The van der Waals surface area contributed by atoms with E-state index in [4.69, 9.17) is 0 Å². The van der Waals surface area contributed by atoms with Crippen molar-refractivity contribution >= 4 is 22.5 Å². The van der Waals surface area contributed by atoms with E-state index in [1.54, 1.807) is 16.8 Å². The number of aromatic nitrogens is 2. The molecule has 2 aliphatic heterocycles. The van der Waals surface area contributed by atoms with Crippen LogP contribution >= 0.6 is 11.3 Å². The molecule has 0 radical (unpaired) electrons. The maximum absolute atomic E-state index is 12.6. The molecule has 1 aromatic heterocycles. The molecule has 7 heteroatoms. The molecule has 3 aliphatic rings. The van der Waals surface area contributed by atoms with E-state index >= 15 is 0 Å². The van der Waals surface area contributed by atoms with Gasteiger partial charge in [0.15, 0.2) is 0 Å². The molecular formula is C17H27N5OS. The largest absolute Gasteiger partial charge is 0.346 e. The Balaban J connectivity index is 1.35. The number of nitrogens with one attached hydrogen (secondary N) is 1. The quantitative estimate of drug-likeness (QED) is 0.892. The first-order chi connectivity index (χ1) is 11.7. The van der Waals surface area contributed by atoms with Crippen molar-refractivity contribution in [2.24, 2.45) is 5.41 Å². The number of rotatable bonds is 2. The minimum Gasteiger partial charge on any atom is -0.346 e. The van der Waals surface area contributed by atoms with Crippen molar-refractivity contribution in [2.45, 2.75) is 57.4 Å². The van der Waals surface area contributed by atoms with Crippen LogP contribution in [0.3, 0.4) is 0 Å². The number of likely N-dealkylation sites (tertiary alicyclic amines) is 1. The molecule has 1 aliphatic carbocycles. The predicted molar refractivity (Wildman–Crippen MR) is 95.4 cm³/mol. The van der Waals surface area contributed by atoms with Gasteiger partial charge in [0.2, 0.25) is 5.13 Å². The molecule has 0 unspecified atom stereocenters. The third kappa shape index (κ3) is 3.36. The highest BCUT2D eigenvalue weighted by Crippen LogP contribution is 2.40. The Morgan fingerprint density at radius 1 is 1.17 bits per heavy atom. The van der Waals surface area contributed by atoms with E-state index in [9.17, 15) is 4.79 Å². The van der Waals surface area contributed by atoms with Crippen LogP contribution in [-0.4, -0.2) is 53.3 Å². The Hall–Kier alpha value is -1.37. The van der Waals surface area contributed by atoms with E-state index < -0.39 is 0 Å². The predicted octanol–water partition coefficient (Wildman–Crippen LogP) is 2.87. The number of anilines is 1. The molecule has 1 spiro atoms. The van der Waals surface area contributed by atoms with Gasteiger partial charge in [-0.25, -0.2) is 4.79 Å². The zero-order chi connectivity index (χ0) is 16.4. The second-order valence-electron chi connectivity index (χ2n) is 7.70. The second kappa shape index (κ2) is 6.86. The molecule has 1 atom stereocenters. The number of hydrogen-bond acceptors (Lipinski definition) is 5. The van der Waals surface area contributed by atoms with Gasteiger partial charge in [-0.2, -0.15) is 0 Å². The van der Waals surface area contributed by atoms with Crippen LogP contribution in [0.4, 0.5) is 9.93 Å². The average molecular weight is 350 g/mol. The Labute approximate surface area is 147 Å². The summed E-state index contributed by atoms with van der Waals surface area (Å²) in [4.78, 5) is 17.0. The fourth-order valence-corrected chi connectivity index (χ4v) is 5.22. The van der Waals surface area contributed by atoms with E-state index in [1.807, 2.05) is 0 Å². The molecule has 3 heterocycles. The molecule has 0 bridgehead atoms. The van der Waals surface area contributed by atoms with Gasteiger partial charge in [-0.15, -0.1) is 10.2 Å². The molecular weight excluding hydrogens is 322 g/mol. The summed E-state index contributed by atoms with van der Waals surface area (Å²) in [7, 11) is 0. The molecule has 1 N–H and O–H groups in total. The van der Waals surface area contributed by atoms with Gasteiger partial charge in [-0.1, -0.05) is 30.6 Å². The van der Waals surface area contributed by atoms with Crippen molar-refractivity contribution in [3.8, 4) is 0 Å². The standard InChI is InChI=1S/C17H27N5OS/c23-15(19-14-5-2-1-3-6-14)21-10-8-17(11-21)7-4-9-22(12-17)16-20-18-13-24-16/h13-14H,1-12H2,(H,19,23)/t17-/m0/s1. The van der Waals surface area contributed by atoms with Crippen LogP contribution in [0, 0.1) is 5.41 Å². The Bertz CT molecular complexity index is 559. The molecule has 132 valence electrons. The summed E-state index contributed by atoms with van der Waals surface area (Å²) in [5.41, 5.74) is 2.04. The first-order valence-electron chi connectivity index (χ1n) is 9.31. The second-order valence-corrected chi connectivity index (χ2v) is 8.51. The summed E-state index contributed by atoms with van der Waals surface area (Å²) < 4.78 is 0. The highest BCUT2D eigenvalue weighted by Gasteiger charge is 2.43. The first-order valence-corrected chi connectivity index (χ1v) is 10.2. The summed E-state index contributed by atoms with van der Waals surface area (Å²) in [6.07, 6.45) is 9.64. The first kappa shape index (κ1) is 16.1. The lowest BCUT2D eigenvalue weighted by molar-refractivity contribution is 0.185. The highest BCUT2D eigenvalue weighted by molar-refractivity contribution is 7.13. The van der Waals surface area contributed by atoms with E-state index in [-0.39, 0.29) is 11.4 Å². The van der Waals surface area contributed by atoms with E-state index in [1.165, 1.54) is 32.1 Å². The Morgan fingerprint density at radius 3 is 2.83 bits per heavy atom. The minimum absolute atomic E-state index is 0.159. The number of nitrogens with zero attached hydrogens (tertiary/aromatic N) is 4. The van der Waals surface area contributed by atoms with Crippen LogP contribution in [0.5, 0.6) is 0 Å². The van der Waals surface area contributed by atoms with E-state index in [0.717, 1.165) is 50.6 Å². The molecule has 2 saturated heterocycles. The van der Waals surface area contributed by atoms with Crippen LogP contribution in [0.2, 0.25) is 0 Å². The fraction of sp³-hybridized carbons (Fsp3) is 0.824. The van der Waals surface area contributed by atoms with Gasteiger partial charge in [0.05, 0.1) is 0 Å². The fourth-order valence-electron chi connectivity index (χ4n) is 4.63. The lowest BCUT2D eigenvalue weighted by Gasteiger charge is -2.40. The number of carbonyl (C=O) groups excluding carboxylic acids is 1. The van der Waals surface area contributed by atoms with Crippen molar-refractivity contribution < 1.29 is 4.79 Å². The molecule has 1 saturated carbocycles. The van der Waals surface area contributed by atoms with Crippen LogP contribution in [0.15, 0.2) is 5.51 Å². The van der Waals surface area contributed by atoms with Crippen LogP contribution in [0.25, 0.3) is 0 Å². The van der Waals surface area contributed by atoms with E-state index in [0.29, 0.717) is 6.04 Å². The van der Waals surface area contributed by atoms with Crippen molar-refractivity contribution in [3.63, 3.8) is 0 Å². The summed E-state index contributed by atoms with van der Waals surface area (Å²) in [6.45, 7) is 3.85. The maximum Gasteiger partial charge on any atom is 0.317 e. The summed E-state index contributed by atoms with van der Waals surface area (Å²) >= 11 is 1.61. The normalized spacial score (nSPS) is 28.5. The lowest BCUT2D eigenvalue weighted by Crippen LogP contribution is -2.48. The van der Waals surface area contributed by atoms with Crippen LogP contribution in [0.1, 0.15) is 51.4 Å². The molecule has 2 amide bonds.